The fourth-order valence-corrected chi connectivity index (χ4v) is 6.23. The summed E-state index contributed by atoms with van der Waals surface area (Å²) in [5, 5.41) is 16.8. The summed E-state index contributed by atoms with van der Waals surface area (Å²) in [5.41, 5.74) is 0.899. The fourth-order valence-electron chi connectivity index (χ4n) is 4.53. The van der Waals surface area contributed by atoms with Crippen molar-refractivity contribution in [2.45, 2.75) is 32.2 Å². The number of piperidine rings is 1. The van der Waals surface area contributed by atoms with Crippen molar-refractivity contribution >= 4 is 27.4 Å². The zero-order valence-corrected chi connectivity index (χ0v) is 19.4. The monoisotopic (exact) mass is 484 g/mol. The number of nitriles is 1. The maximum atomic E-state index is 13.0. The second kappa shape index (κ2) is 8.64. The molecule has 0 spiro atoms. The number of nitrogens with one attached hydrogen (secondary N) is 1. The lowest BCUT2D eigenvalue weighted by Crippen LogP contribution is -2.38. The highest BCUT2D eigenvalue weighted by atomic mass is 32.2. The van der Waals surface area contributed by atoms with E-state index >= 15 is 0 Å². The molecule has 11 nitrogen and oxygen atoms in total. The maximum absolute atomic E-state index is 13.0. The number of hydrogen-bond donors (Lipinski definition) is 1. The lowest BCUT2D eigenvalue weighted by Gasteiger charge is -2.31. The number of amides is 1. The number of rotatable bonds is 5. The zero-order valence-electron chi connectivity index (χ0n) is 18.6. The van der Waals surface area contributed by atoms with Crippen molar-refractivity contribution in [2.75, 3.05) is 34.8 Å². The zero-order chi connectivity index (χ0) is 23.9. The molecule has 34 heavy (non-hydrogen) atoms. The van der Waals surface area contributed by atoms with Crippen LogP contribution in [0.4, 0.5) is 11.7 Å². The Hall–Kier alpha value is -3.59. The summed E-state index contributed by atoms with van der Waals surface area (Å²) in [6.07, 6.45) is 3.13. The minimum Gasteiger partial charge on any atom is -0.459 e. The summed E-state index contributed by atoms with van der Waals surface area (Å²) in [6.45, 7) is 2.87. The van der Waals surface area contributed by atoms with Gasteiger partial charge in [0.1, 0.15) is 11.9 Å². The van der Waals surface area contributed by atoms with Crippen LogP contribution in [-0.4, -0.2) is 53.7 Å². The van der Waals surface area contributed by atoms with Crippen molar-refractivity contribution in [1.29, 1.82) is 5.26 Å². The van der Waals surface area contributed by atoms with Gasteiger partial charge in [0.15, 0.2) is 15.6 Å². The quantitative estimate of drug-likeness (QED) is 0.577. The van der Waals surface area contributed by atoms with Crippen molar-refractivity contribution in [3.63, 3.8) is 0 Å². The number of anilines is 2. The molecule has 1 atom stereocenters. The van der Waals surface area contributed by atoms with Crippen molar-refractivity contribution in [2.24, 2.45) is 5.92 Å². The van der Waals surface area contributed by atoms with Crippen molar-refractivity contribution < 1.29 is 22.0 Å². The number of hydrogen-bond acceptors (Lipinski definition) is 9. The average Bonchev–Trinajstić information content (AvgIpc) is 3.60. The number of oxazole rings is 1. The van der Waals surface area contributed by atoms with Crippen LogP contribution in [0.1, 0.15) is 36.7 Å². The van der Waals surface area contributed by atoms with Crippen molar-refractivity contribution in [3.05, 3.63) is 35.9 Å². The Morgan fingerprint density at radius 3 is 2.74 bits per heavy atom. The molecule has 0 saturated carbocycles. The van der Waals surface area contributed by atoms with Gasteiger partial charge in [0, 0.05) is 25.1 Å². The molecule has 12 heteroatoms. The standard InChI is InChI=1S/C22H24N6O5S/c1-14-11-19(28(26-14)16-6-10-34(30,31)13-16)25-20(29)15-4-7-27(8-5-15)22-17(12-23)24-21(33-22)18-3-2-9-32-18/h2-3,9,11,15-16H,4-8,10,13H2,1H3,(H,25,29). The number of aromatic nitrogens is 3. The molecule has 0 radical (unpaired) electrons. The number of carbonyl (C=O) groups is 1. The summed E-state index contributed by atoms with van der Waals surface area (Å²) in [6, 6.07) is 6.99. The first-order valence-electron chi connectivity index (χ1n) is 11.1. The summed E-state index contributed by atoms with van der Waals surface area (Å²) in [5.74, 6) is 1.40. The Morgan fingerprint density at radius 1 is 1.29 bits per heavy atom. The molecule has 2 fully saturated rings. The molecule has 178 valence electrons. The third-order valence-corrected chi connectivity index (χ3v) is 8.01. The number of nitrogens with zero attached hydrogens (tertiary/aromatic N) is 5. The van der Waals surface area contributed by atoms with E-state index in [2.05, 4.69) is 21.5 Å². The molecule has 3 aromatic rings. The van der Waals surface area contributed by atoms with E-state index in [0.717, 1.165) is 5.69 Å². The van der Waals surface area contributed by atoms with Gasteiger partial charge in [-0.3, -0.25) is 4.79 Å². The number of furan rings is 1. The average molecular weight is 485 g/mol. The molecule has 0 bridgehead atoms. The molecule has 5 heterocycles. The summed E-state index contributed by atoms with van der Waals surface area (Å²) in [4.78, 5) is 19.1. The number of carbonyl (C=O) groups excluding carboxylic acids is 1. The minimum atomic E-state index is -3.07. The highest BCUT2D eigenvalue weighted by Gasteiger charge is 2.33. The van der Waals surface area contributed by atoms with Gasteiger partial charge < -0.3 is 19.1 Å². The predicted molar refractivity (Wildman–Crippen MR) is 122 cm³/mol. The third kappa shape index (κ3) is 4.31. The minimum absolute atomic E-state index is 0.0355. The van der Waals surface area contributed by atoms with E-state index in [1.807, 2.05) is 11.8 Å². The van der Waals surface area contributed by atoms with Crippen molar-refractivity contribution in [1.82, 2.24) is 14.8 Å². The number of sulfone groups is 1. The second-order valence-electron chi connectivity index (χ2n) is 8.68. The van der Waals surface area contributed by atoms with E-state index < -0.39 is 9.84 Å². The normalized spacial score (nSPS) is 20.4. The molecule has 0 aromatic carbocycles. The van der Waals surface area contributed by atoms with Gasteiger partial charge >= 0.3 is 0 Å². The summed E-state index contributed by atoms with van der Waals surface area (Å²) >= 11 is 0. The number of aryl methyl sites for hydroxylation is 1. The largest absolute Gasteiger partial charge is 0.459 e. The molecule has 1 unspecified atom stereocenters. The van der Waals surface area contributed by atoms with Crippen LogP contribution in [0.15, 0.2) is 33.3 Å². The van der Waals surface area contributed by atoms with Gasteiger partial charge in [0.05, 0.1) is 29.5 Å². The molecular weight excluding hydrogens is 460 g/mol. The SMILES string of the molecule is Cc1cc(NC(=O)C2CCN(c3oc(-c4ccco4)nc3C#N)CC2)n(C2CCS(=O)(=O)C2)n1. The maximum Gasteiger partial charge on any atom is 0.266 e. The molecule has 2 aliphatic rings. The Morgan fingerprint density at radius 2 is 2.09 bits per heavy atom. The van der Waals surface area contributed by atoms with Gasteiger partial charge in [-0.25, -0.2) is 13.1 Å². The topological polar surface area (TPSA) is 147 Å². The van der Waals surface area contributed by atoms with E-state index in [1.54, 1.807) is 22.9 Å². The summed E-state index contributed by atoms with van der Waals surface area (Å²) < 4.78 is 36.5. The van der Waals surface area contributed by atoms with E-state index in [-0.39, 0.29) is 41.0 Å². The summed E-state index contributed by atoms with van der Waals surface area (Å²) in [7, 11) is -3.07. The Bertz CT molecular complexity index is 1340. The molecule has 2 aliphatic heterocycles. The van der Waals surface area contributed by atoms with Gasteiger partial charge in [0.2, 0.25) is 17.5 Å². The first kappa shape index (κ1) is 22.2. The van der Waals surface area contributed by atoms with E-state index in [4.69, 9.17) is 8.83 Å². The predicted octanol–water partition coefficient (Wildman–Crippen LogP) is 2.53. The second-order valence-corrected chi connectivity index (χ2v) is 10.9. The van der Waals surface area contributed by atoms with Gasteiger partial charge in [-0.2, -0.15) is 15.3 Å². The molecular formula is C22H24N6O5S. The van der Waals surface area contributed by atoms with E-state index in [1.165, 1.54) is 6.26 Å². The van der Waals surface area contributed by atoms with Crippen LogP contribution in [0, 0.1) is 24.2 Å². The van der Waals surface area contributed by atoms with Crippen LogP contribution in [0.25, 0.3) is 11.7 Å². The van der Waals surface area contributed by atoms with Gasteiger partial charge in [-0.1, -0.05) is 0 Å². The van der Waals surface area contributed by atoms with Gasteiger partial charge in [-0.05, 0) is 38.3 Å². The van der Waals surface area contributed by atoms with E-state index in [9.17, 15) is 18.5 Å². The molecule has 1 amide bonds. The van der Waals surface area contributed by atoms with Crippen LogP contribution < -0.4 is 10.2 Å². The first-order valence-corrected chi connectivity index (χ1v) is 12.9. The van der Waals surface area contributed by atoms with Crippen molar-refractivity contribution in [3.8, 4) is 17.7 Å². The Labute approximate surface area is 196 Å². The van der Waals surface area contributed by atoms with Crippen LogP contribution in [-0.2, 0) is 14.6 Å². The van der Waals surface area contributed by atoms with Gasteiger partial charge in [-0.15, -0.1) is 0 Å². The molecule has 2 saturated heterocycles. The first-order chi connectivity index (χ1) is 16.3. The molecule has 3 aromatic heterocycles. The van der Waals surface area contributed by atoms with Crippen LogP contribution in [0.2, 0.25) is 0 Å². The van der Waals surface area contributed by atoms with Crippen LogP contribution in [0.3, 0.4) is 0 Å². The highest BCUT2D eigenvalue weighted by Crippen LogP contribution is 2.32. The molecule has 5 rings (SSSR count). The Balaban J connectivity index is 1.24. The van der Waals surface area contributed by atoms with E-state index in [0.29, 0.717) is 49.8 Å². The molecule has 1 N–H and O–H groups in total. The molecule has 0 aliphatic carbocycles. The lowest BCUT2D eigenvalue weighted by atomic mass is 9.96. The Kier molecular flexibility index (Phi) is 5.65. The highest BCUT2D eigenvalue weighted by molar-refractivity contribution is 7.91. The smallest absolute Gasteiger partial charge is 0.266 e. The van der Waals surface area contributed by atoms with Crippen LogP contribution in [0.5, 0.6) is 0 Å². The van der Waals surface area contributed by atoms with Crippen LogP contribution >= 0.6 is 0 Å². The fraction of sp³-hybridized carbons (Fsp3) is 0.455. The lowest BCUT2D eigenvalue weighted by molar-refractivity contribution is -0.120. The van der Waals surface area contributed by atoms with Gasteiger partial charge in [0.25, 0.3) is 5.89 Å². The third-order valence-electron chi connectivity index (χ3n) is 6.26.